The molecule has 8 heteroatoms. The number of pyridine rings is 2. The number of nitriles is 1. The van der Waals surface area contributed by atoms with Crippen molar-refractivity contribution in [2.24, 2.45) is 0 Å². The number of nitrogens with zero attached hydrogens (tertiary/aromatic N) is 5. The number of nitrogen functional groups attached to an aromatic ring is 1. The second-order valence-corrected chi connectivity index (χ2v) is 8.87. The standard InChI is InChI=1S/C27H24N6O2/c1-17-19(15-28)5-2-7-21(17)23-14-22(31-26(29)32-23)18-9-12-33(25(34)13-18)16-20-6-3-8-24(30-20)27(35)10-4-11-27/h2-3,5-9,12-14,35H,4,10-11,16H2,1H3,(H2,29,31,32). The molecule has 0 atom stereocenters. The Morgan fingerprint density at radius 2 is 1.86 bits per heavy atom. The van der Waals surface area contributed by atoms with E-state index in [1.807, 2.05) is 31.2 Å². The summed E-state index contributed by atoms with van der Waals surface area (Å²) in [6, 6.07) is 18.2. The smallest absolute Gasteiger partial charge is 0.251 e. The van der Waals surface area contributed by atoms with E-state index in [4.69, 9.17) is 5.73 Å². The van der Waals surface area contributed by atoms with Crippen molar-refractivity contribution in [1.29, 1.82) is 5.26 Å². The minimum Gasteiger partial charge on any atom is -0.384 e. The maximum atomic E-state index is 12.9. The van der Waals surface area contributed by atoms with Gasteiger partial charge in [-0.3, -0.25) is 9.78 Å². The van der Waals surface area contributed by atoms with E-state index in [0.717, 1.165) is 17.5 Å². The molecule has 3 aromatic heterocycles. The Labute approximate surface area is 202 Å². The number of rotatable bonds is 5. The van der Waals surface area contributed by atoms with Crippen molar-refractivity contribution in [3.05, 3.63) is 93.7 Å². The predicted octanol–water partition coefficient (Wildman–Crippen LogP) is 3.55. The number of hydrogen-bond acceptors (Lipinski definition) is 7. The summed E-state index contributed by atoms with van der Waals surface area (Å²) in [4.78, 5) is 26.2. The van der Waals surface area contributed by atoms with Crippen LogP contribution in [0, 0.1) is 18.3 Å². The van der Waals surface area contributed by atoms with Gasteiger partial charge in [-0.1, -0.05) is 18.2 Å². The summed E-state index contributed by atoms with van der Waals surface area (Å²) in [5.41, 5.74) is 10.2. The molecular formula is C27H24N6O2. The summed E-state index contributed by atoms with van der Waals surface area (Å²) in [5.74, 6) is 0.0818. The van der Waals surface area contributed by atoms with Crippen molar-refractivity contribution >= 4 is 5.95 Å². The van der Waals surface area contributed by atoms with E-state index in [0.29, 0.717) is 53.3 Å². The Morgan fingerprint density at radius 3 is 2.57 bits per heavy atom. The molecule has 8 nitrogen and oxygen atoms in total. The van der Waals surface area contributed by atoms with Gasteiger partial charge in [0, 0.05) is 23.4 Å². The van der Waals surface area contributed by atoms with Gasteiger partial charge in [-0.05, 0) is 62.1 Å². The minimum absolute atomic E-state index is 0.0818. The third-order valence-corrected chi connectivity index (χ3v) is 6.56. The molecule has 1 aliphatic carbocycles. The maximum absolute atomic E-state index is 12.9. The predicted molar refractivity (Wildman–Crippen MR) is 132 cm³/mol. The highest BCUT2D eigenvalue weighted by Gasteiger charge is 2.37. The van der Waals surface area contributed by atoms with Gasteiger partial charge in [0.2, 0.25) is 5.95 Å². The van der Waals surface area contributed by atoms with Crippen LogP contribution in [0.1, 0.15) is 41.8 Å². The van der Waals surface area contributed by atoms with Crippen molar-refractivity contribution in [3.63, 3.8) is 0 Å². The summed E-state index contributed by atoms with van der Waals surface area (Å²) < 4.78 is 1.56. The Bertz CT molecular complexity index is 1530. The molecule has 1 aromatic carbocycles. The molecule has 174 valence electrons. The normalized spacial score (nSPS) is 14.2. The monoisotopic (exact) mass is 464 g/mol. The zero-order valence-electron chi connectivity index (χ0n) is 19.3. The molecule has 3 N–H and O–H groups in total. The maximum Gasteiger partial charge on any atom is 0.251 e. The van der Waals surface area contributed by atoms with Crippen molar-refractivity contribution in [2.75, 3.05) is 5.73 Å². The molecule has 0 aliphatic heterocycles. The van der Waals surface area contributed by atoms with Gasteiger partial charge in [0.25, 0.3) is 5.56 Å². The quantitative estimate of drug-likeness (QED) is 0.462. The van der Waals surface area contributed by atoms with Crippen molar-refractivity contribution in [1.82, 2.24) is 19.5 Å². The van der Waals surface area contributed by atoms with E-state index in [1.165, 1.54) is 6.07 Å². The zero-order chi connectivity index (χ0) is 24.6. The molecule has 0 saturated heterocycles. The van der Waals surface area contributed by atoms with Crippen molar-refractivity contribution in [3.8, 4) is 28.6 Å². The van der Waals surface area contributed by atoms with Crippen LogP contribution in [0.5, 0.6) is 0 Å². The molecule has 4 aromatic rings. The molecule has 0 unspecified atom stereocenters. The van der Waals surface area contributed by atoms with Crippen LogP contribution in [-0.4, -0.2) is 24.6 Å². The fourth-order valence-corrected chi connectivity index (χ4v) is 4.35. The van der Waals surface area contributed by atoms with Crippen LogP contribution in [0.4, 0.5) is 5.95 Å². The molecule has 5 rings (SSSR count). The van der Waals surface area contributed by atoms with Crippen LogP contribution >= 0.6 is 0 Å². The van der Waals surface area contributed by atoms with Gasteiger partial charge in [0.15, 0.2) is 0 Å². The lowest BCUT2D eigenvalue weighted by molar-refractivity contribution is -0.0427. The number of hydrogen-bond donors (Lipinski definition) is 2. The first-order chi connectivity index (χ1) is 16.9. The first-order valence-corrected chi connectivity index (χ1v) is 11.4. The van der Waals surface area contributed by atoms with E-state index in [9.17, 15) is 15.2 Å². The van der Waals surface area contributed by atoms with Crippen LogP contribution < -0.4 is 11.3 Å². The molecular weight excluding hydrogens is 440 g/mol. The molecule has 0 spiro atoms. The third kappa shape index (κ3) is 4.29. The van der Waals surface area contributed by atoms with Gasteiger partial charge in [-0.2, -0.15) is 5.26 Å². The second-order valence-electron chi connectivity index (χ2n) is 8.87. The molecule has 1 aliphatic rings. The van der Waals surface area contributed by atoms with E-state index in [2.05, 4.69) is 21.0 Å². The van der Waals surface area contributed by atoms with Gasteiger partial charge in [-0.25, -0.2) is 9.97 Å². The number of anilines is 1. The summed E-state index contributed by atoms with van der Waals surface area (Å²) in [6.07, 6.45) is 4.11. The summed E-state index contributed by atoms with van der Waals surface area (Å²) in [6.45, 7) is 2.15. The average molecular weight is 465 g/mol. The van der Waals surface area contributed by atoms with Crippen LogP contribution in [0.3, 0.4) is 0 Å². The lowest BCUT2D eigenvalue weighted by Crippen LogP contribution is -2.34. The van der Waals surface area contributed by atoms with E-state index in [1.54, 1.807) is 35.0 Å². The van der Waals surface area contributed by atoms with Crippen LogP contribution in [0.2, 0.25) is 0 Å². The molecule has 1 fully saturated rings. The fraction of sp³-hybridized carbons (Fsp3) is 0.222. The highest BCUT2D eigenvalue weighted by Crippen LogP contribution is 2.40. The SMILES string of the molecule is Cc1c(C#N)cccc1-c1cc(-c2ccn(Cc3cccc(C4(O)CCC4)n3)c(=O)c2)nc(N)n1. The zero-order valence-corrected chi connectivity index (χ0v) is 19.3. The van der Waals surface area contributed by atoms with Gasteiger partial charge < -0.3 is 15.4 Å². The van der Waals surface area contributed by atoms with Crippen LogP contribution in [-0.2, 0) is 12.1 Å². The topological polar surface area (TPSA) is 131 Å². The first-order valence-electron chi connectivity index (χ1n) is 11.4. The van der Waals surface area contributed by atoms with Gasteiger partial charge in [0.05, 0.1) is 41.0 Å². The Balaban J connectivity index is 1.45. The molecule has 3 heterocycles. The number of aliphatic hydroxyl groups is 1. The van der Waals surface area contributed by atoms with E-state index >= 15 is 0 Å². The minimum atomic E-state index is -0.847. The Hall–Kier alpha value is -4.35. The number of aromatic nitrogens is 4. The third-order valence-electron chi connectivity index (χ3n) is 6.56. The van der Waals surface area contributed by atoms with Gasteiger partial charge in [-0.15, -0.1) is 0 Å². The van der Waals surface area contributed by atoms with Crippen molar-refractivity contribution < 1.29 is 5.11 Å². The van der Waals surface area contributed by atoms with E-state index < -0.39 is 5.60 Å². The lowest BCUT2D eigenvalue weighted by atomic mass is 9.77. The molecule has 0 radical (unpaired) electrons. The Kier molecular flexibility index (Phi) is 5.63. The molecule has 1 saturated carbocycles. The molecule has 35 heavy (non-hydrogen) atoms. The number of benzene rings is 1. The summed E-state index contributed by atoms with van der Waals surface area (Å²) >= 11 is 0. The van der Waals surface area contributed by atoms with Gasteiger partial charge in [0.1, 0.15) is 5.60 Å². The number of nitrogens with two attached hydrogens (primary N) is 1. The van der Waals surface area contributed by atoms with Crippen molar-refractivity contribution in [2.45, 2.75) is 38.3 Å². The summed E-state index contributed by atoms with van der Waals surface area (Å²) in [7, 11) is 0. The first kappa shape index (κ1) is 22.4. The highest BCUT2D eigenvalue weighted by molar-refractivity contribution is 5.72. The lowest BCUT2D eigenvalue weighted by Gasteiger charge is -2.36. The fourth-order valence-electron chi connectivity index (χ4n) is 4.35. The van der Waals surface area contributed by atoms with E-state index in [-0.39, 0.29) is 11.5 Å². The van der Waals surface area contributed by atoms with Crippen LogP contribution in [0.25, 0.3) is 22.5 Å². The highest BCUT2D eigenvalue weighted by atomic mass is 16.3. The van der Waals surface area contributed by atoms with Crippen LogP contribution in [0.15, 0.2) is 65.6 Å². The van der Waals surface area contributed by atoms with Gasteiger partial charge >= 0.3 is 0 Å². The second kappa shape index (κ2) is 8.78. The largest absolute Gasteiger partial charge is 0.384 e. The summed E-state index contributed by atoms with van der Waals surface area (Å²) in [5, 5.41) is 19.9. The average Bonchev–Trinajstić information content (AvgIpc) is 2.83. The molecule has 0 amide bonds. The molecule has 0 bridgehead atoms. The Morgan fingerprint density at radius 1 is 1.09 bits per heavy atom.